The molecule has 0 saturated carbocycles. The largest absolute Gasteiger partial charge is 0.255 e. The lowest BCUT2D eigenvalue weighted by atomic mass is 10.0. The Labute approximate surface area is 125 Å². The van der Waals surface area contributed by atoms with Crippen molar-refractivity contribution in [3.8, 4) is 11.4 Å². The van der Waals surface area contributed by atoms with E-state index in [4.69, 9.17) is 0 Å². The average molecular weight is 274 g/mol. The van der Waals surface area contributed by atoms with E-state index in [1.807, 2.05) is 18.5 Å². The van der Waals surface area contributed by atoms with Crippen LogP contribution in [0.15, 0.2) is 67.0 Å². The molecule has 0 aliphatic heterocycles. The Morgan fingerprint density at radius 3 is 2.14 bits per heavy atom. The lowest BCUT2D eigenvalue weighted by Crippen LogP contribution is -1.94. The first-order valence-electron chi connectivity index (χ1n) is 7.23. The first-order valence-corrected chi connectivity index (χ1v) is 7.23. The van der Waals surface area contributed by atoms with Crippen molar-refractivity contribution in [1.29, 1.82) is 0 Å². The second-order valence-electron chi connectivity index (χ2n) is 5.25. The quantitative estimate of drug-likeness (QED) is 0.711. The summed E-state index contributed by atoms with van der Waals surface area (Å²) in [7, 11) is 0. The van der Waals surface area contributed by atoms with Crippen LogP contribution in [0.25, 0.3) is 11.4 Å². The van der Waals surface area contributed by atoms with E-state index in [1.54, 1.807) is 0 Å². The maximum Gasteiger partial charge on any atom is 0.0888 e. The molecule has 0 bridgehead atoms. The van der Waals surface area contributed by atoms with Gasteiger partial charge < -0.3 is 0 Å². The first kappa shape index (κ1) is 13.5. The summed E-state index contributed by atoms with van der Waals surface area (Å²) < 4.78 is 0. The van der Waals surface area contributed by atoms with Crippen LogP contribution in [0.4, 0.5) is 0 Å². The van der Waals surface area contributed by atoms with E-state index < -0.39 is 0 Å². The molecule has 104 valence electrons. The van der Waals surface area contributed by atoms with Gasteiger partial charge in [0, 0.05) is 12.4 Å². The van der Waals surface area contributed by atoms with E-state index in [1.165, 1.54) is 16.7 Å². The normalized spacial score (nSPS) is 10.5. The van der Waals surface area contributed by atoms with E-state index in [0.29, 0.717) is 0 Å². The summed E-state index contributed by atoms with van der Waals surface area (Å²) in [5.41, 5.74) is 5.76. The maximum absolute atomic E-state index is 4.44. The van der Waals surface area contributed by atoms with Crippen molar-refractivity contribution < 1.29 is 0 Å². The molecule has 0 fully saturated rings. The highest BCUT2D eigenvalue weighted by Gasteiger charge is 2.03. The molecule has 0 aliphatic carbocycles. The van der Waals surface area contributed by atoms with Crippen molar-refractivity contribution in [2.75, 3.05) is 0 Å². The lowest BCUT2D eigenvalue weighted by Gasteiger charge is -2.05. The predicted octanol–water partition coefficient (Wildman–Crippen LogP) is 4.24. The van der Waals surface area contributed by atoms with Gasteiger partial charge in [0.2, 0.25) is 0 Å². The highest BCUT2D eigenvalue weighted by Crippen LogP contribution is 2.17. The monoisotopic (exact) mass is 274 g/mol. The molecular weight excluding hydrogens is 256 g/mol. The number of pyridine rings is 2. The average Bonchev–Trinajstić information content (AvgIpc) is 2.54. The summed E-state index contributed by atoms with van der Waals surface area (Å²) in [5.74, 6) is 0. The first-order chi connectivity index (χ1) is 10.3. The molecule has 0 atom stereocenters. The van der Waals surface area contributed by atoms with Gasteiger partial charge in [-0.25, -0.2) is 0 Å². The van der Waals surface area contributed by atoms with E-state index >= 15 is 0 Å². The molecule has 3 aromatic rings. The Morgan fingerprint density at radius 2 is 1.38 bits per heavy atom. The summed E-state index contributed by atoms with van der Waals surface area (Å²) in [5, 5.41) is 0. The Morgan fingerprint density at radius 1 is 0.714 bits per heavy atom. The molecule has 0 unspecified atom stereocenters. The molecule has 0 N–H and O–H groups in total. The number of rotatable bonds is 4. The van der Waals surface area contributed by atoms with Crippen molar-refractivity contribution in [2.45, 2.75) is 19.8 Å². The van der Waals surface area contributed by atoms with Crippen molar-refractivity contribution in [3.63, 3.8) is 0 Å². The topological polar surface area (TPSA) is 25.8 Å². The minimum Gasteiger partial charge on any atom is -0.255 e. The third-order valence-corrected chi connectivity index (χ3v) is 3.55. The summed E-state index contributed by atoms with van der Waals surface area (Å²) in [6.07, 6.45) is 5.78. The minimum absolute atomic E-state index is 0.941. The van der Waals surface area contributed by atoms with Gasteiger partial charge in [-0.05, 0) is 60.7 Å². The van der Waals surface area contributed by atoms with Gasteiger partial charge in [-0.15, -0.1) is 0 Å². The molecule has 21 heavy (non-hydrogen) atoms. The van der Waals surface area contributed by atoms with Crippen molar-refractivity contribution in [1.82, 2.24) is 9.97 Å². The second kappa shape index (κ2) is 6.31. The van der Waals surface area contributed by atoms with Gasteiger partial charge in [-0.3, -0.25) is 9.97 Å². The molecule has 0 saturated heterocycles. The minimum atomic E-state index is 0.941. The molecular formula is C19H18N2. The van der Waals surface area contributed by atoms with Crippen LogP contribution in [0, 0.1) is 6.92 Å². The third kappa shape index (κ3) is 3.54. The summed E-state index contributed by atoms with van der Waals surface area (Å²) in [4.78, 5) is 8.85. The van der Waals surface area contributed by atoms with Crippen molar-refractivity contribution >= 4 is 0 Å². The number of aryl methyl sites for hydroxylation is 3. The highest BCUT2D eigenvalue weighted by atomic mass is 14.8. The zero-order chi connectivity index (χ0) is 14.5. The Balaban J connectivity index is 1.77. The van der Waals surface area contributed by atoms with Crippen LogP contribution in [0.3, 0.4) is 0 Å². The molecule has 0 spiro atoms. The molecule has 2 aromatic heterocycles. The summed E-state index contributed by atoms with van der Waals surface area (Å²) in [6.45, 7) is 2.07. The molecule has 3 rings (SSSR count). The zero-order valence-corrected chi connectivity index (χ0v) is 12.2. The fourth-order valence-corrected chi connectivity index (χ4v) is 2.38. The van der Waals surface area contributed by atoms with Crippen LogP contribution in [0.2, 0.25) is 0 Å². The molecule has 0 radical (unpaired) electrons. The molecule has 0 aliphatic rings. The van der Waals surface area contributed by atoms with Crippen LogP contribution in [-0.4, -0.2) is 9.97 Å². The van der Waals surface area contributed by atoms with E-state index in [0.717, 1.165) is 24.2 Å². The van der Waals surface area contributed by atoms with Crippen LogP contribution in [0.5, 0.6) is 0 Å². The Kier molecular flexibility index (Phi) is 4.06. The van der Waals surface area contributed by atoms with Gasteiger partial charge in [0.05, 0.1) is 11.4 Å². The second-order valence-corrected chi connectivity index (χ2v) is 5.25. The van der Waals surface area contributed by atoms with Crippen molar-refractivity contribution in [3.05, 3.63) is 83.7 Å². The summed E-state index contributed by atoms with van der Waals surface area (Å²) in [6, 6.07) is 18.9. The molecule has 2 heterocycles. The third-order valence-electron chi connectivity index (χ3n) is 3.55. The number of hydrogen-bond acceptors (Lipinski definition) is 2. The summed E-state index contributed by atoms with van der Waals surface area (Å²) >= 11 is 0. The van der Waals surface area contributed by atoms with Gasteiger partial charge in [-0.1, -0.05) is 30.3 Å². The number of nitrogens with zero attached hydrogens (tertiary/aromatic N) is 2. The van der Waals surface area contributed by atoms with Gasteiger partial charge in [0.15, 0.2) is 0 Å². The van der Waals surface area contributed by atoms with Crippen LogP contribution >= 0.6 is 0 Å². The van der Waals surface area contributed by atoms with E-state index in [9.17, 15) is 0 Å². The van der Waals surface area contributed by atoms with Gasteiger partial charge >= 0.3 is 0 Å². The molecule has 2 nitrogen and oxygen atoms in total. The number of aromatic nitrogens is 2. The smallest absolute Gasteiger partial charge is 0.0888 e. The van der Waals surface area contributed by atoms with E-state index in [2.05, 4.69) is 65.4 Å². The number of hydrogen-bond donors (Lipinski definition) is 0. The SMILES string of the molecule is Cc1ccnc(-c2cc(CCc3ccccc3)ccn2)c1. The number of benzene rings is 1. The molecule has 1 aromatic carbocycles. The van der Waals surface area contributed by atoms with Gasteiger partial charge in [0.25, 0.3) is 0 Å². The van der Waals surface area contributed by atoms with Crippen LogP contribution in [0.1, 0.15) is 16.7 Å². The van der Waals surface area contributed by atoms with Crippen LogP contribution in [-0.2, 0) is 12.8 Å². The zero-order valence-electron chi connectivity index (χ0n) is 12.2. The predicted molar refractivity (Wildman–Crippen MR) is 86.1 cm³/mol. The lowest BCUT2D eigenvalue weighted by molar-refractivity contribution is 0.955. The highest BCUT2D eigenvalue weighted by molar-refractivity contribution is 5.55. The van der Waals surface area contributed by atoms with Crippen molar-refractivity contribution in [2.24, 2.45) is 0 Å². The fourth-order valence-electron chi connectivity index (χ4n) is 2.38. The van der Waals surface area contributed by atoms with E-state index in [-0.39, 0.29) is 0 Å². The van der Waals surface area contributed by atoms with Crippen LogP contribution < -0.4 is 0 Å². The standard InChI is InChI=1S/C19H18N2/c1-15-9-11-20-18(13-15)19-14-17(10-12-21-19)8-7-16-5-3-2-4-6-16/h2-6,9-14H,7-8H2,1H3. The maximum atomic E-state index is 4.44. The van der Waals surface area contributed by atoms with Gasteiger partial charge in [0.1, 0.15) is 0 Å². The fraction of sp³-hybridized carbons (Fsp3) is 0.158. The molecule has 0 amide bonds. The molecule has 2 heteroatoms. The van der Waals surface area contributed by atoms with Gasteiger partial charge in [-0.2, -0.15) is 0 Å². The Bertz CT molecular complexity index is 720. The Hall–Kier alpha value is -2.48.